The van der Waals surface area contributed by atoms with Crippen molar-refractivity contribution in [2.45, 2.75) is 52.0 Å². The van der Waals surface area contributed by atoms with Crippen LogP contribution in [0.3, 0.4) is 0 Å². The van der Waals surface area contributed by atoms with Gasteiger partial charge in [0.2, 0.25) is 0 Å². The van der Waals surface area contributed by atoms with Crippen molar-refractivity contribution in [1.29, 1.82) is 0 Å². The Labute approximate surface area is 191 Å². The van der Waals surface area contributed by atoms with Gasteiger partial charge in [-0.1, -0.05) is 30.3 Å². The van der Waals surface area contributed by atoms with Crippen LogP contribution in [0.2, 0.25) is 0 Å². The van der Waals surface area contributed by atoms with E-state index >= 15 is 0 Å². The van der Waals surface area contributed by atoms with Gasteiger partial charge < -0.3 is 19.1 Å². The largest absolute Gasteiger partial charge is 0.460 e. The minimum atomic E-state index is -0.547. The van der Waals surface area contributed by atoms with Gasteiger partial charge in [0.05, 0.1) is 19.8 Å². The van der Waals surface area contributed by atoms with Crippen LogP contribution >= 0.6 is 0 Å². The quantitative estimate of drug-likeness (QED) is 0.620. The van der Waals surface area contributed by atoms with Crippen LogP contribution < -0.4 is 0 Å². The van der Waals surface area contributed by atoms with E-state index in [1.165, 1.54) is 0 Å². The third kappa shape index (κ3) is 7.46. The maximum Gasteiger partial charge on any atom is 0.410 e. The van der Waals surface area contributed by atoms with Crippen LogP contribution in [0.25, 0.3) is 0 Å². The summed E-state index contributed by atoms with van der Waals surface area (Å²) in [6, 6.07) is 9.63. The van der Waals surface area contributed by atoms with E-state index in [1.54, 1.807) is 4.90 Å². The monoisotopic (exact) mass is 447 g/mol. The molecule has 8 heteroatoms. The predicted molar refractivity (Wildman–Crippen MR) is 121 cm³/mol. The number of ether oxygens (including phenoxy) is 3. The number of hydrogen-bond donors (Lipinski definition) is 0. The zero-order chi connectivity index (χ0) is 23.1. The molecule has 3 rings (SSSR count). The number of piperazine rings is 1. The molecule has 1 aromatic rings. The Hall–Kier alpha value is -2.16. The van der Waals surface area contributed by atoms with Gasteiger partial charge in [0.1, 0.15) is 12.2 Å². The molecular formula is C24H37N3O5. The first-order chi connectivity index (χ1) is 15.2. The van der Waals surface area contributed by atoms with Gasteiger partial charge in [-0.15, -0.1) is 0 Å². The Morgan fingerprint density at radius 2 is 1.78 bits per heavy atom. The summed E-state index contributed by atoms with van der Waals surface area (Å²) < 4.78 is 16.6. The number of benzene rings is 1. The van der Waals surface area contributed by atoms with E-state index in [1.807, 2.05) is 58.0 Å². The molecule has 0 radical (unpaired) electrons. The number of nitrogens with zero attached hydrogens (tertiary/aromatic N) is 3. The molecule has 2 aliphatic rings. The van der Waals surface area contributed by atoms with Crippen LogP contribution in [0, 0.1) is 0 Å². The van der Waals surface area contributed by atoms with Crippen LogP contribution in [0.15, 0.2) is 30.3 Å². The molecule has 8 nitrogen and oxygen atoms in total. The molecule has 0 N–H and O–H groups in total. The minimum Gasteiger partial charge on any atom is -0.460 e. The van der Waals surface area contributed by atoms with Crippen LogP contribution in [0.1, 0.15) is 33.3 Å². The molecule has 2 fully saturated rings. The number of hydrogen-bond acceptors (Lipinski definition) is 7. The van der Waals surface area contributed by atoms with Crippen molar-refractivity contribution in [2.24, 2.45) is 0 Å². The predicted octanol–water partition coefficient (Wildman–Crippen LogP) is 2.37. The van der Waals surface area contributed by atoms with E-state index in [0.717, 1.165) is 25.2 Å². The van der Waals surface area contributed by atoms with Crippen molar-refractivity contribution in [2.75, 3.05) is 52.5 Å². The molecule has 2 aliphatic heterocycles. The van der Waals surface area contributed by atoms with E-state index in [4.69, 9.17) is 14.2 Å². The molecule has 2 atom stereocenters. The SMILES string of the molecule is CC1CN(CC(=O)OCc2ccccc2)[C@@H](CN2CCOCC2)CN1C(=O)OC(C)(C)C. The first-order valence-corrected chi connectivity index (χ1v) is 11.4. The van der Waals surface area contributed by atoms with E-state index in [9.17, 15) is 9.59 Å². The number of carbonyl (C=O) groups is 2. The van der Waals surface area contributed by atoms with Gasteiger partial charge in [0.15, 0.2) is 0 Å². The number of rotatable bonds is 6. The van der Waals surface area contributed by atoms with Gasteiger partial charge in [-0.3, -0.25) is 14.6 Å². The van der Waals surface area contributed by atoms with Crippen molar-refractivity contribution >= 4 is 12.1 Å². The topological polar surface area (TPSA) is 71.6 Å². The fourth-order valence-electron chi connectivity index (χ4n) is 4.08. The second kappa shape index (κ2) is 11.1. The number of carbonyl (C=O) groups excluding carboxylic acids is 2. The first kappa shape index (κ1) is 24.5. The summed E-state index contributed by atoms with van der Waals surface area (Å²) in [7, 11) is 0. The fourth-order valence-corrected chi connectivity index (χ4v) is 4.08. The Morgan fingerprint density at radius 3 is 2.44 bits per heavy atom. The van der Waals surface area contributed by atoms with Gasteiger partial charge in [0.25, 0.3) is 0 Å². The summed E-state index contributed by atoms with van der Waals surface area (Å²) in [6.07, 6.45) is -0.303. The molecule has 2 heterocycles. The van der Waals surface area contributed by atoms with Gasteiger partial charge in [-0.05, 0) is 33.3 Å². The molecule has 1 amide bonds. The second-order valence-corrected chi connectivity index (χ2v) is 9.62. The first-order valence-electron chi connectivity index (χ1n) is 11.4. The van der Waals surface area contributed by atoms with E-state index < -0.39 is 5.60 Å². The van der Waals surface area contributed by atoms with Crippen LogP contribution in [0.4, 0.5) is 4.79 Å². The van der Waals surface area contributed by atoms with Crippen molar-refractivity contribution < 1.29 is 23.8 Å². The molecule has 0 saturated carbocycles. The molecule has 0 aliphatic carbocycles. The average molecular weight is 448 g/mol. The molecule has 1 unspecified atom stereocenters. The van der Waals surface area contributed by atoms with Gasteiger partial charge in [0, 0.05) is 44.8 Å². The zero-order valence-corrected chi connectivity index (χ0v) is 19.8. The normalized spacial score (nSPS) is 23.1. The number of morpholine rings is 1. The highest BCUT2D eigenvalue weighted by Gasteiger charge is 2.38. The molecule has 1 aromatic carbocycles. The van der Waals surface area contributed by atoms with E-state index in [0.29, 0.717) is 26.3 Å². The maximum absolute atomic E-state index is 12.8. The third-order valence-corrected chi connectivity index (χ3v) is 5.73. The zero-order valence-electron chi connectivity index (χ0n) is 19.8. The van der Waals surface area contributed by atoms with Gasteiger partial charge in [-0.2, -0.15) is 0 Å². The molecular weight excluding hydrogens is 410 g/mol. The highest BCUT2D eigenvalue weighted by atomic mass is 16.6. The van der Waals surface area contributed by atoms with Gasteiger partial charge in [-0.25, -0.2) is 4.79 Å². The summed E-state index contributed by atoms with van der Waals surface area (Å²) in [4.78, 5) is 31.7. The fraction of sp³-hybridized carbons (Fsp3) is 0.667. The highest BCUT2D eigenvalue weighted by molar-refractivity contribution is 5.72. The van der Waals surface area contributed by atoms with Crippen LogP contribution in [-0.4, -0.2) is 96.9 Å². The Morgan fingerprint density at radius 1 is 1.09 bits per heavy atom. The molecule has 178 valence electrons. The summed E-state index contributed by atoms with van der Waals surface area (Å²) >= 11 is 0. The van der Waals surface area contributed by atoms with Crippen LogP contribution in [-0.2, 0) is 25.6 Å². The van der Waals surface area contributed by atoms with Crippen molar-refractivity contribution in [3.8, 4) is 0 Å². The average Bonchev–Trinajstić information content (AvgIpc) is 2.74. The van der Waals surface area contributed by atoms with Crippen molar-refractivity contribution in [3.63, 3.8) is 0 Å². The van der Waals surface area contributed by atoms with Gasteiger partial charge >= 0.3 is 12.1 Å². The molecule has 0 aromatic heterocycles. The van der Waals surface area contributed by atoms with Crippen LogP contribution in [0.5, 0.6) is 0 Å². The Kier molecular flexibility index (Phi) is 8.51. The summed E-state index contributed by atoms with van der Waals surface area (Å²) in [5.41, 5.74) is 0.420. The lowest BCUT2D eigenvalue weighted by Gasteiger charge is -2.46. The van der Waals surface area contributed by atoms with Crippen molar-refractivity contribution in [3.05, 3.63) is 35.9 Å². The maximum atomic E-state index is 12.8. The highest BCUT2D eigenvalue weighted by Crippen LogP contribution is 2.20. The molecule has 0 spiro atoms. The smallest absolute Gasteiger partial charge is 0.410 e. The summed E-state index contributed by atoms with van der Waals surface area (Å²) in [5.74, 6) is -0.251. The standard InChI is InChI=1S/C24H37N3O5/c1-19-14-26(17-22(28)31-18-20-8-6-5-7-9-20)21(15-25-10-12-30-13-11-25)16-27(19)23(29)32-24(2,3)4/h5-9,19,21H,10-18H2,1-4H3/t19?,21-/m0/s1. The Balaban J connectivity index is 1.64. The van der Waals surface area contributed by atoms with Crippen molar-refractivity contribution in [1.82, 2.24) is 14.7 Å². The van der Waals surface area contributed by atoms with E-state index in [-0.39, 0.29) is 37.3 Å². The molecule has 2 saturated heterocycles. The third-order valence-electron chi connectivity index (χ3n) is 5.73. The van der Waals surface area contributed by atoms with E-state index in [2.05, 4.69) is 9.80 Å². The molecule has 32 heavy (non-hydrogen) atoms. The molecule has 0 bridgehead atoms. The summed E-state index contributed by atoms with van der Waals surface area (Å²) in [5, 5.41) is 0. The minimum absolute atomic E-state index is 0.0149. The Bertz CT molecular complexity index is 746. The second-order valence-electron chi connectivity index (χ2n) is 9.62. The lowest BCUT2D eigenvalue weighted by molar-refractivity contribution is -0.148. The summed E-state index contributed by atoms with van der Waals surface area (Å²) in [6.45, 7) is 13.1. The number of amides is 1. The number of esters is 1. The lowest BCUT2D eigenvalue weighted by atomic mass is 10.1. The lowest BCUT2D eigenvalue weighted by Crippen LogP contribution is -2.63.